The summed E-state index contributed by atoms with van der Waals surface area (Å²) in [7, 11) is 0. The zero-order chi connectivity index (χ0) is 15.2. The van der Waals surface area contributed by atoms with Gasteiger partial charge < -0.3 is 10.1 Å². The van der Waals surface area contributed by atoms with E-state index >= 15 is 0 Å². The van der Waals surface area contributed by atoms with Crippen molar-refractivity contribution >= 4 is 34.2 Å². The Bertz CT molecular complexity index is 603. The predicted octanol–water partition coefficient (Wildman–Crippen LogP) is 5.04. The summed E-state index contributed by atoms with van der Waals surface area (Å²) in [5.74, 6) is 0.898. The molecule has 112 valence electrons. The Morgan fingerprint density at radius 3 is 2.71 bits per heavy atom. The Morgan fingerprint density at radius 1 is 1.19 bits per heavy atom. The minimum Gasteiger partial charge on any atom is -0.494 e. The second kappa shape index (κ2) is 8.01. The Balaban J connectivity index is 2.42. The first-order valence-electron chi connectivity index (χ1n) is 7.06. The van der Waals surface area contributed by atoms with Crippen molar-refractivity contribution in [1.29, 1.82) is 0 Å². The van der Waals surface area contributed by atoms with Gasteiger partial charge in [0.05, 0.1) is 12.6 Å². The molecule has 1 atom stereocenters. The summed E-state index contributed by atoms with van der Waals surface area (Å²) >= 11 is 8.53. The average molecular weight is 416 g/mol. The molecule has 0 bridgehead atoms. The fourth-order valence-electron chi connectivity index (χ4n) is 2.30. The van der Waals surface area contributed by atoms with E-state index in [2.05, 4.69) is 53.0 Å². The van der Waals surface area contributed by atoms with Crippen LogP contribution in [0.15, 0.2) is 42.5 Å². The normalized spacial score (nSPS) is 12.2. The van der Waals surface area contributed by atoms with E-state index in [-0.39, 0.29) is 6.04 Å². The molecule has 0 aromatic heterocycles. The van der Waals surface area contributed by atoms with Crippen LogP contribution in [0.1, 0.15) is 31.0 Å². The minimum absolute atomic E-state index is 0.112. The van der Waals surface area contributed by atoms with Crippen LogP contribution in [-0.4, -0.2) is 13.2 Å². The summed E-state index contributed by atoms with van der Waals surface area (Å²) in [4.78, 5) is 0. The van der Waals surface area contributed by atoms with Crippen LogP contribution in [0.4, 0.5) is 0 Å². The van der Waals surface area contributed by atoms with Crippen molar-refractivity contribution < 1.29 is 4.74 Å². The summed E-state index contributed by atoms with van der Waals surface area (Å²) in [6.45, 7) is 5.65. The molecule has 0 aliphatic carbocycles. The molecule has 1 unspecified atom stereocenters. The molecule has 1 N–H and O–H groups in total. The first-order chi connectivity index (χ1) is 10.2. The van der Waals surface area contributed by atoms with Gasteiger partial charge in [-0.15, -0.1) is 0 Å². The lowest BCUT2D eigenvalue weighted by atomic mass is 9.98. The van der Waals surface area contributed by atoms with Crippen LogP contribution in [0.3, 0.4) is 0 Å². The van der Waals surface area contributed by atoms with Crippen LogP contribution in [0.2, 0.25) is 5.02 Å². The molecule has 0 aliphatic rings. The SMILES string of the molecule is CCNC(c1cccc(OCC)c1)c1cc(Cl)ccc1I. The Hall–Kier alpha value is -0.780. The van der Waals surface area contributed by atoms with E-state index in [0.717, 1.165) is 17.3 Å². The molecule has 2 nitrogen and oxygen atoms in total. The van der Waals surface area contributed by atoms with Gasteiger partial charge in [-0.2, -0.15) is 0 Å². The lowest BCUT2D eigenvalue weighted by Crippen LogP contribution is -2.22. The zero-order valence-corrected chi connectivity index (χ0v) is 15.1. The van der Waals surface area contributed by atoms with Gasteiger partial charge in [-0.3, -0.25) is 0 Å². The van der Waals surface area contributed by atoms with E-state index in [1.807, 2.05) is 31.2 Å². The van der Waals surface area contributed by atoms with Crippen LogP contribution in [-0.2, 0) is 0 Å². The molecule has 21 heavy (non-hydrogen) atoms. The van der Waals surface area contributed by atoms with Gasteiger partial charge >= 0.3 is 0 Å². The number of hydrogen-bond donors (Lipinski definition) is 1. The van der Waals surface area contributed by atoms with Gasteiger partial charge in [-0.25, -0.2) is 0 Å². The maximum atomic E-state index is 6.17. The van der Waals surface area contributed by atoms with E-state index in [0.29, 0.717) is 6.61 Å². The Morgan fingerprint density at radius 2 is 2.00 bits per heavy atom. The smallest absolute Gasteiger partial charge is 0.119 e. The van der Waals surface area contributed by atoms with E-state index in [4.69, 9.17) is 16.3 Å². The standard InChI is InChI=1S/C17H19ClINO/c1-3-20-17(15-11-13(18)8-9-16(15)19)12-6-5-7-14(10-12)21-4-2/h5-11,17,20H,3-4H2,1-2H3. The van der Waals surface area contributed by atoms with Crippen LogP contribution in [0.5, 0.6) is 5.75 Å². The number of rotatable bonds is 6. The second-order valence-electron chi connectivity index (χ2n) is 4.66. The molecule has 2 aromatic carbocycles. The van der Waals surface area contributed by atoms with Crippen LogP contribution >= 0.6 is 34.2 Å². The molecule has 0 amide bonds. The fraction of sp³-hybridized carbons (Fsp3) is 0.294. The maximum absolute atomic E-state index is 6.17. The number of benzene rings is 2. The largest absolute Gasteiger partial charge is 0.494 e. The monoisotopic (exact) mass is 415 g/mol. The zero-order valence-electron chi connectivity index (χ0n) is 12.2. The molecule has 0 fully saturated rings. The molecule has 0 saturated heterocycles. The summed E-state index contributed by atoms with van der Waals surface area (Å²) in [6, 6.07) is 14.3. The van der Waals surface area contributed by atoms with E-state index in [1.165, 1.54) is 14.7 Å². The van der Waals surface area contributed by atoms with Crippen LogP contribution in [0.25, 0.3) is 0 Å². The van der Waals surface area contributed by atoms with Gasteiger partial charge in [-0.05, 0) is 77.5 Å². The van der Waals surface area contributed by atoms with E-state index in [1.54, 1.807) is 0 Å². The molecule has 4 heteroatoms. The van der Waals surface area contributed by atoms with Gasteiger partial charge in [0.25, 0.3) is 0 Å². The minimum atomic E-state index is 0.112. The van der Waals surface area contributed by atoms with Gasteiger partial charge in [0.2, 0.25) is 0 Å². The highest BCUT2D eigenvalue weighted by molar-refractivity contribution is 14.1. The first-order valence-corrected chi connectivity index (χ1v) is 8.52. The lowest BCUT2D eigenvalue weighted by Gasteiger charge is -2.21. The molecule has 0 spiro atoms. The number of nitrogens with one attached hydrogen (secondary N) is 1. The molecule has 2 rings (SSSR count). The predicted molar refractivity (Wildman–Crippen MR) is 97.3 cm³/mol. The summed E-state index contributed by atoms with van der Waals surface area (Å²) in [5.41, 5.74) is 2.38. The van der Waals surface area contributed by atoms with Crippen molar-refractivity contribution in [2.45, 2.75) is 19.9 Å². The van der Waals surface area contributed by atoms with Crippen molar-refractivity contribution in [3.05, 3.63) is 62.2 Å². The third-order valence-electron chi connectivity index (χ3n) is 3.18. The molecule has 0 saturated carbocycles. The quantitative estimate of drug-likeness (QED) is 0.667. The van der Waals surface area contributed by atoms with Gasteiger partial charge in [0.1, 0.15) is 5.75 Å². The van der Waals surface area contributed by atoms with Crippen molar-refractivity contribution in [2.24, 2.45) is 0 Å². The topological polar surface area (TPSA) is 21.3 Å². The third-order valence-corrected chi connectivity index (χ3v) is 4.40. The highest BCUT2D eigenvalue weighted by Gasteiger charge is 2.17. The van der Waals surface area contributed by atoms with Gasteiger partial charge in [0, 0.05) is 8.59 Å². The highest BCUT2D eigenvalue weighted by Crippen LogP contribution is 2.30. The van der Waals surface area contributed by atoms with E-state index < -0.39 is 0 Å². The van der Waals surface area contributed by atoms with Crippen molar-refractivity contribution in [3.63, 3.8) is 0 Å². The molecule has 0 radical (unpaired) electrons. The maximum Gasteiger partial charge on any atom is 0.119 e. The number of hydrogen-bond acceptors (Lipinski definition) is 2. The summed E-state index contributed by atoms with van der Waals surface area (Å²) in [6.07, 6.45) is 0. The van der Waals surface area contributed by atoms with Crippen LogP contribution < -0.4 is 10.1 Å². The molecular weight excluding hydrogens is 397 g/mol. The average Bonchev–Trinajstić information content (AvgIpc) is 2.48. The van der Waals surface area contributed by atoms with Crippen molar-refractivity contribution in [2.75, 3.05) is 13.2 Å². The lowest BCUT2D eigenvalue weighted by molar-refractivity contribution is 0.339. The molecule has 0 heterocycles. The third kappa shape index (κ3) is 4.34. The summed E-state index contributed by atoms with van der Waals surface area (Å²) < 4.78 is 6.81. The van der Waals surface area contributed by atoms with Gasteiger partial charge in [-0.1, -0.05) is 30.7 Å². The van der Waals surface area contributed by atoms with Crippen LogP contribution in [0, 0.1) is 3.57 Å². The summed E-state index contributed by atoms with van der Waals surface area (Å²) in [5, 5.41) is 4.29. The Kier molecular flexibility index (Phi) is 6.33. The first kappa shape index (κ1) is 16.6. The molecule has 0 aliphatic heterocycles. The van der Waals surface area contributed by atoms with Crippen molar-refractivity contribution in [1.82, 2.24) is 5.32 Å². The second-order valence-corrected chi connectivity index (χ2v) is 6.26. The fourth-order valence-corrected chi connectivity index (χ4v) is 3.13. The van der Waals surface area contributed by atoms with Crippen molar-refractivity contribution in [3.8, 4) is 5.75 Å². The molecule has 2 aromatic rings. The number of halogens is 2. The van der Waals surface area contributed by atoms with Gasteiger partial charge in [0.15, 0.2) is 0 Å². The molecular formula is C17H19ClINO. The van der Waals surface area contributed by atoms with E-state index in [9.17, 15) is 0 Å². The Labute approximate surface area is 145 Å². The number of ether oxygens (including phenoxy) is 1. The highest BCUT2D eigenvalue weighted by atomic mass is 127.